The minimum atomic E-state index is -3.25. The van der Waals surface area contributed by atoms with Crippen molar-refractivity contribution in [3.8, 4) is 0 Å². The second kappa shape index (κ2) is 17.5. The molecule has 3 aromatic carbocycles. The van der Waals surface area contributed by atoms with Gasteiger partial charge in [-0.25, -0.2) is 0 Å². The highest BCUT2D eigenvalue weighted by Gasteiger charge is 2.50. The molecule has 1 unspecified atom stereocenters. The third-order valence-electron chi connectivity index (χ3n) is 11.1. The maximum atomic E-state index is 13.1. The van der Waals surface area contributed by atoms with Crippen molar-refractivity contribution in [2.45, 2.75) is 95.0 Å². The van der Waals surface area contributed by atoms with Crippen molar-refractivity contribution in [3.63, 3.8) is 0 Å². The second-order valence-electron chi connectivity index (χ2n) is 15.2. The van der Waals surface area contributed by atoms with Gasteiger partial charge in [0, 0.05) is 34.4 Å². The Morgan fingerprint density at radius 2 is 1.71 bits per heavy atom. The van der Waals surface area contributed by atoms with Gasteiger partial charge in [-0.3, -0.25) is 4.79 Å². The number of ether oxygens (including phenoxy) is 2. The lowest BCUT2D eigenvalue weighted by Gasteiger charge is -2.42. The first-order chi connectivity index (χ1) is 25.2. The number of carboxylic acid groups (broad SMARTS) is 1. The lowest BCUT2D eigenvalue weighted by atomic mass is 9.87. The highest BCUT2D eigenvalue weighted by atomic mass is 32.1. The minimum absolute atomic E-state index is 0.00166. The first-order valence-electron chi connectivity index (χ1n) is 19.0. The summed E-state index contributed by atoms with van der Waals surface area (Å²) in [7, 11) is -3.25. The molecule has 1 saturated carbocycles. The molecule has 52 heavy (non-hydrogen) atoms. The molecule has 7 heteroatoms. The Morgan fingerprint density at radius 3 is 2.37 bits per heavy atom. The molecular weight excluding hydrogens is 681 g/mol. The van der Waals surface area contributed by atoms with Crippen molar-refractivity contribution in [2.75, 3.05) is 6.61 Å². The molecule has 4 aromatic rings. The van der Waals surface area contributed by atoms with Crippen LogP contribution in [0.5, 0.6) is 0 Å². The number of thiophene rings is 1. The summed E-state index contributed by atoms with van der Waals surface area (Å²) in [6.45, 7) is 9.85. The number of rotatable bonds is 16. The molecule has 1 aliphatic heterocycles. The summed E-state index contributed by atoms with van der Waals surface area (Å²) >= 11 is 1.85. The summed E-state index contributed by atoms with van der Waals surface area (Å²) in [6, 6.07) is 31.5. The Hall–Kier alpha value is -3.59. The lowest BCUT2D eigenvalue weighted by Crippen LogP contribution is -2.65. The standard InChI is InChI=1S/C45H54O5SSi/c1-33-30-40(50-44-26-16-17-29-49-44)39(23-12-4-5-13-25-43(46)47)38(33)28-27-35(42-31-34-18-14-15-24-41(34)51-42)32-45(2,3)52(48,36-19-8-6-9-20-36)37-21-10-7-11-22-37/h4,6-12,14-15,18-22,24,27-28,31,35,38-40,44,48H,1,5,13,16-17,23,25-26,29-30,32H2,2-3H3,(H,46,47)/b12-4-,28-27+/t35-,38-,39+,40-,44?/m0/s1. The van der Waals surface area contributed by atoms with Gasteiger partial charge in [0.25, 0.3) is 8.32 Å². The van der Waals surface area contributed by atoms with E-state index in [0.717, 1.165) is 61.9 Å². The zero-order valence-electron chi connectivity index (χ0n) is 30.7. The maximum absolute atomic E-state index is 13.1. The molecule has 2 aliphatic rings. The molecule has 5 atom stereocenters. The van der Waals surface area contributed by atoms with E-state index < -0.39 is 19.3 Å². The summed E-state index contributed by atoms with van der Waals surface area (Å²) < 4.78 is 14.0. The fourth-order valence-corrected chi connectivity index (χ4v) is 13.2. The molecular formula is C45H54O5SSi. The van der Waals surface area contributed by atoms with Gasteiger partial charge < -0.3 is 19.4 Å². The van der Waals surface area contributed by atoms with Crippen LogP contribution in [-0.2, 0) is 14.3 Å². The van der Waals surface area contributed by atoms with E-state index in [1.807, 2.05) is 47.7 Å². The van der Waals surface area contributed by atoms with Crippen LogP contribution < -0.4 is 10.4 Å². The summed E-state index contributed by atoms with van der Waals surface area (Å²) in [5.41, 5.74) is 1.18. The van der Waals surface area contributed by atoms with Crippen LogP contribution in [0.2, 0.25) is 5.04 Å². The number of aliphatic carboxylic acids is 1. The molecule has 0 spiro atoms. The van der Waals surface area contributed by atoms with Gasteiger partial charge in [0.15, 0.2) is 6.29 Å². The zero-order chi connectivity index (χ0) is 36.6. The van der Waals surface area contributed by atoms with Crippen LogP contribution in [0, 0.1) is 11.8 Å². The van der Waals surface area contributed by atoms with Crippen molar-refractivity contribution in [1.82, 2.24) is 0 Å². The van der Waals surface area contributed by atoms with Gasteiger partial charge in [-0.05, 0) is 90.2 Å². The number of fused-ring (bicyclic) bond motifs is 1. The van der Waals surface area contributed by atoms with Crippen LogP contribution in [0.25, 0.3) is 10.1 Å². The molecule has 0 radical (unpaired) electrons. The van der Waals surface area contributed by atoms with Gasteiger partial charge in [-0.2, -0.15) is 0 Å². The normalized spacial score (nSPS) is 22.1. The maximum Gasteiger partial charge on any atom is 0.303 e. The highest BCUT2D eigenvalue weighted by molar-refractivity contribution is 7.19. The molecule has 6 rings (SSSR count). The number of unbranched alkanes of at least 4 members (excludes halogenated alkanes) is 1. The molecule has 5 nitrogen and oxygen atoms in total. The third kappa shape index (κ3) is 8.95. The molecule has 0 bridgehead atoms. The first-order valence-corrected chi connectivity index (χ1v) is 21.7. The Kier molecular flexibility index (Phi) is 12.8. The SMILES string of the molecule is C=C1C[C@H](OC2CCCCO2)[C@H](C/C=C\CCCC(=O)O)[C@H]1/C=C/[C@@H](CC(C)(C)[Si](O)(c1ccccc1)c1ccccc1)c1cc2ccccc2s1. The number of hydrogen-bond donors (Lipinski definition) is 2. The summed E-state index contributed by atoms with van der Waals surface area (Å²) in [6.07, 6.45) is 16.0. The van der Waals surface area contributed by atoms with Crippen molar-refractivity contribution in [3.05, 3.63) is 132 Å². The average molecular weight is 735 g/mol. The number of hydrogen-bond acceptors (Lipinski definition) is 5. The van der Waals surface area contributed by atoms with Crippen molar-refractivity contribution >= 4 is 46.1 Å². The topological polar surface area (TPSA) is 76.0 Å². The predicted octanol–water partition coefficient (Wildman–Crippen LogP) is 9.77. The smallest absolute Gasteiger partial charge is 0.303 e. The fraction of sp³-hybridized carbons (Fsp3) is 0.400. The van der Waals surface area contributed by atoms with Gasteiger partial charge in [-0.15, -0.1) is 11.3 Å². The lowest BCUT2D eigenvalue weighted by molar-refractivity contribution is -0.194. The number of carbonyl (C=O) groups is 1. The number of carboxylic acids is 1. The molecule has 1 saturated heterocycles. The Bertz CT molecular complexity index is 1750. The van der Waals surface area contributed by atoms with Crippen LogP contribution in [-0.4, -0.2) is 43.2 Å². The van der Waals surface area contributed by atoms with E-state index in [2.05, 4.69) is 99.3 Å². The van der Waals surface area contributed by atoms with E-state index in [-0.39, 0.29) is 36.6 Å². The van der Waals surface area contributed by atoms with E-state index in [1.165, 1.54) is 20.5 Å². The summed E-state index contributed by atoms with van der Waals surface area (Å²) in [4.78, 5) is 25.4. The van der Waals surface area contributed by atoms with Crippen molar-refractivity contribution in [2.24, 2.45) is 11.8 Å². The highest BCUT2D eigenvalue weighted by Crippen LogP contribution is 2.48. The van der Waals surface area contributed by atoms with Gasteiger partial charge in [0.05, 0.1) is 6.10 Å². The minimum Gasteiger partial charge on any atom is -0.481 e. The van der Waals surface area contributed by atoms with Gasteiger partial charge in [-0.1, -0.05) is 129 Å². The van der Waals surface area contributed by atoms with Gasteiger partial charge in [0.2, 0.25) is 0 Å². The van der Waals surface area contributed by atoms with Gasteiger partial charge >= 0.3 is 5.97 Å². The largest absolute Gasteiger partial charge is 0.481 e. The monoisotopic (exact) mass is 734 g/mol. The van der Waals surface area contributed by atoms with Crippen LogP contribution in [0.15, 0.2) is 127 Å². The van der Waals surface area contributed by atoms with Crippen LogP contribution in [0.3, 0.4) is 0 Å². The Morgan fingerprint density at radius 1 is 1.02 bits per heavy atom. The van der Waals surface area contributed by atoms with E-state index in [9.17, 15) is 9.59 Å². The quantitative estimate of drug-likeness (QED) is 0.0681. The van der Waals surface area contributed by atoms with E-state index in [4.69, 9.17) is 14.6 Å². The average Bonchev–Trinajstić information content (AvgIpc) is 3.72. The summed E-state index contributed by atoms with van der Waals surface area (Å²) in [5.74, 6) is -0.366. The molecule has 0 amide bonds. The molecule has 1 aromatic heterocycles. The number of allylic oxidation sites excluding steroid dienone is 4. The Labute approximate surface area is 314 Å². The molecule has 1 aliphatic carbocycles. The third-order valence-corrected chi connectivity index (χ3v) is 16.9. The second-order valence-corrected chi connectivity index (χ2v) is 20.3. The fourth-order valence-electron chi connectivity index (χ4n) is 8.27. The van der Waals surface area contributed by atoms with Crippen molar-refractivity contribution in [1.29, 1.82) is 0 Å². The molecule has 2 N–H and O–H groups in total. The Balaban J connectivity index is 1.33. The van der Waals surface area contributed by atoms with Crippen LogP contribution >= 0.6 is 11.3 Å². The van der Waals surface area contributed by atoms with Crippen molar-refractivity contribution < 1.29 is 24.2 Å². The first kappa shape index (κ1) is 38.1. The van der Waals surface area contributed by atoms with Crippen LogP contribution in [0.4, 0.5) is 0 Å². The number of benzene rings is 3. The van der Waals surface area contributed by atoms with Gasteiger partial charge in [0.1, 0.15) is 0 Å². The predicted molar refractivity (Wildman–Crippen MR) is 217 cm³/mol. The molecule has 274 valence electrons. The zero-order valence-corrected chi connectivity index (χ0v) is 32.5. The van der Waals surface area contributed by atoms with E-state index >= 15 is 0 Å². The summed E-state index contributed by atoms with van der Waals surface area (Å²) in [5, 5.41) is 11.9. The van der Waals surface area contributed by atoms with E-state index in [0.29, 0.717) is 6.42 Å². The van der Waals surface area contributed by atoms with E-state index in [1.54, 1.807) is 0 Å². The van der Waals surface area contributed by atoms with Crippen LogP contribution in [0.1, 0.15) is 82.4 Å². The molecule has 2 fully saturated rings. The molecule has 2 heterocycles.